The van der Waals surface area contributed by atoms with Crippen molar-refractivity contribution in [3.8, 4) is 0 Å². The summed E-state index contributed by atoms with van der Waals surface area (Å²) in [6.07, 6.45) is 6.38. The lowest BCUT2D eigenvalue weighted by Crippen LogP contribution is -2.04. The van der Waals surface area contributed by atoms with Gasteiger partial charge in [0, 0.05) is 5.70 Å². The van der Waals surface area contributed by atoms with E-state index in [9.17, 15) is 0 Å². The zero-order valence-corrected chi connectivity index (χ0v) is 6.72. The van der Waals surface area contributed by atoms with Gasteiger partial charge >= 0.3 is 0 Å². The topological polar surface area (TPSA) is 26.0 Å². The Bertz CT molecular complexity index is 175. The van der Waals surface area contributed by atoms with Crippen LogP contribution in [-0.2, 0) is 0 Å². The van der Waals surface area contributed by atoms with E-state index in [1.54, 1.807) is 0 Å². The van der Waals surface area contributed by atoms with Crippen molar-refractivity contribution in [3.05, 3.63) is 23.4 Å². The first-order valence-corrected chi connectivity index (χ1v) is 3.85. The van der Waals surface area contributed by atoms with Crippen LogP contribution in [0.4, 0.5) is 0 Å². The summed E-state index contributed by atoms with van der Waals surface area (Å²) in [5.74, 6) is 0.685. The lowest BCUT2D eigenvalue weighted by molar-refractivity contribution is 0.698. The van der Waals surface area contributed by atoms with Crippen molar-refractivity contribution < 1.29 is 0 Å². The van der Waals surface area contributed by atoms with Gasteiger partial charge in [0.25, 0.3) is 0 Å². The zero-order valence-electron chi connectivity index (χ0n) is 6.72. The highest BCUT2D eigenvalue weighted by Gasteiger charge is 2.06. The molecule has 0 fully saturated rings. The molecule has 0 unspecified atom stereocenters. The third-order valence-corrected chi connectivity index (χ3v) is 1.96. The van der Waals surface area contributed by atoms with Crippen LogP contribution in [-0.4, -0.2) is 0 Å². The molecule has 0 bridgehead atoms. The quantitative estimate of drug-likeness (QED) is 0.589. The van der Waals surface area contributed by atoms with Crippen LogP contribution in [0.2, 0.25) is 0 Å². The van der Waals surface area contributed by atoms with Crippen LogP contribution in [0.5, 0.6) is 0 Å². The molecule has 0 saturated heterocycles. The minimum atomic E-state index is 0.685. The summed E-state index contributed by atoms with van der Waals surface area (Å²) in [6.45, 7) is 4.45. The molecule has 1 nitrogen and oxygen atoms in total. The van der Waals surface area contributed by atoms with Crippen LogP contribution >= 0.6 is 0 Å². The molecule has 0 amide bonds. The lowest BCUT2D eigenvalue weighted by atomic mass is 9.94. The molecule has 0 aromatic carbocycles. The molecule has 10 heavy (non-hydrogen) atoms. The van der Waals surface area contributed by atoms with Crippen molar-refractivity contribution in [2.75, 3.05) is 0 Å². The Morgan fingerprint density at radius 2 is 2.00 bits per heavy atom. The molecule has 0 radical (unpaired) electrons. The van der Waals surface area contributed by atoms with Gasteiger partial charge in [0.15, 0.2) is 0 Å². The van der Waals surface area contributed by atoms with Gasteiger partial charge in [-0.15, -0.1) is 0 Å². The molecule has 0 saturated carbocycles. The molecule has 0 spiro atoms. The highest BCUT2D eigenvalue weighted by Crippen LogP contribution is 2.21. The lowest BCUT2D eigenvalue weighted by Gasteiger charge is -2.14. The first kappa shape index (κ1) is 7.39. The molecule has 0 aliphatic heterocycles. The van der Waals surface area contributed by atoms with Crippen LogP contribution < -0.4 is 5.73 Å². The maximum absolute atomic E-state index is 5.61. The van der Waals surface area contributed by atoms with Gasteiger partial charge in [-0.3, -0.25) is 0 Å². The number of rotatable bonds is 1. The molecule has 0 atom stereocenters. The summed E-state index contributed by atoms with van der Waals surface area (Å²) in [4.78, 5) is 0. The smallest absolute Gasteiger partial charge is 0.00836 e. The highest BCUT2D eigenvalue weighted by molar-refractivity contribution is 5.23. The third-order valence-electron chi connectivity index (χ3n) is 1.96. The van der Waals surface area contributed by atoms with Crippen molar-refractivity contribution in [3.63, 3.8) is 0 Å². The van der Waals surface area contributed by atoms with E-state index in [0.29, 0.717) is 5.92 Å². The summed E-state index contributed by atoms with van der Waals surface area (Å²) >= 11 is 0. The maximum atomic E-state index is 5.61. The van der Waals surface area contributed by atoms with Gasteiger partial charge in [-0.05, 0) is 24.8 Å². The Morgan fingerprint density at radius 1 is 1.30 bits per heavy atom. The first-order chi connectivity index (χ1) is 4.70. The molecular formula is C9H15N. The second-order valence-electron chi connectivity index (χ2n) is 3.14. The fourth-order valence-corrected chi connectivity index (χ4v) is 1.15. The van der Waals surface area contributed by atoms with Crippen LogP contribution in [0.3, 0.4) is 0 Å². The first-order valence-electron chi connectivity index (χ1n) is 3.85. The maximum Gasteiger partial charge on any atom is 0.00836 e. The Balaban J connectivity index is 2.64. The minimum absolute atomic E-state index is 0.685. The Kier molecular flexibility index (Phi) is 2.15. The van der Waals surface area contributed by atoms with Crippen LogP contribution in [0.15, 0.2) is 23.4 Å². The largest absolute Gasteiger partial charge is 0.402 e. The van der Waals surface area contributed by atoms with Crippen LogP contribution in [0.25, 0.3) is 0 Å². The molecule has 1 heteroatoms. The van der Waals surface area contributed by atoms with E-state index in [2.05, 4.69) is 19.9 Å². The highest BCUT2D eigenvalue weighted by atomic mass is 14.6. The minimum Gasteiger partial charge on any atom is -0.402 e. The SMILES string of the molecule is CC(C)C1=CC=C(N)CC1. The Hall–Kier alpha value is -0.720. The Labute approximate surface area is 62.6 Å². The van der Waals surface area contributed by atoms with E-state index in [-0.39, 0.29) is 0 Å². The fraction of sp³-hybridized carbons (Fsp3) is 0.556. The standard InChI is InChI=1S/C9H15N/c1-7(2)8-3-5-9(10)6-4-8/h3,5,7H,4,6,10H2,1-2H3. The Morgan fingerprint density at radius 3 is 2.40 bits per heavy atom. The normalized spacial score (nSPS) is 18.7. The van der Waals surface area contributed by atoms with Crippen LogP contribution in [0, 0.1) is 5.92 Å². The molecule has 0 aromatic heterocycles. The van der Waals surface area contributed by atoms with E-state index in [4.69, 9.17) is 5.73 Å². The molecular weight excluding hydrogens is 122 g/mol. The monoisotopic (exact) mass is 137 g/mol. The second-order valence-corrected chi connectivity index (χ2v) is 3.14. The molecule has 0 aromatic rings. The third kappa shape index (κ3) is 1.63. The predicted octanol–water partition coefficient (Wildman–Crippen LogP) is 2.21. The summed E-state index contributed by atoms with van der Waals surface area (Å²) < 4.78 is 0. The summed E-state index contributed by atoms with van der Waals surface area (Å²) in [7, 11) is 0. The molecule has 0 heterocycles. The van der Waals surface area contributed by atoms with Gasteiger partial charge in [-0.2, -0.15) is 0 Å². The second kappa shape index (κ2) is 2.91. The predicted molar refractivity (Wildman–Crippen MR) is 44.4 cm³/mol. The van der Waals surface area contributed by atoms with Gasteiger partial charge in [0.2, 0.25) is 0 Å². The molecule has 56 valence electrons. The van der Waals surface area contributed by atoms with E-state index in [1.807, 2.05) is 6.08 Å². The molecule has 1 rings (SSSR count). The number of hydrogen-bond acceptors (Lipinski definition) is 1. The van der Waals surface area contributed by atoms with Crippen LogP contribution in [0.1, 0.15) is 26.7 Å². The van der Waals surface area contributed by atoms with Gasteiger partial charge < -0.3 is 5.73 Å². The van der Waals surface area contributed by atoms with E-state index in [1.165, 1.54) is 5.57 Å². The fourth-order valence-electron chi connectivity index (χ4n) is 1.15. The number of hydrogen-bond donors (Lipinski definition) is 1. The van der Waals surface area contributed by atoms with Gasteiger partial charge in [0.1, 0.15) is 0 Å². The van der Waals surface area contributed by atoms with Crippen molar-refractivity contribution in [2.45, 2.75) is 26.7 Å². The summed E-state index contributed by atoms with van der Waals surface area (Å²) in [6, 6.07) is 0. The zero-order chi connectivity index (χ0) is 7.56. The van der Waals surface area contributed by atoms with Crippen molar-refractivity contribution in [2.24, 2.45) is 11.7 Å². The van der Waals surface area contributed by atoms with Gasteiger partial charge in [-0.25, -0.2) is 0 Å². The van der Waals surface area contributed by atoms with E-state index in [0.717, 1.165) is 18.5 Å². The van der Waals surface area contributed by atoms with Crippen molar-refractivity contribution in [1.29, 1.82) is 0 Å². The van der Waals surface area contributed by atoms with Gasteiger partial charge in [0.05, 0.1) is 0 Å². The van der Waals surface area contributed by atoms with Crippen molar-refractivity contribution >= 4 is 0 Å². The average molecular weight is 137 g/mol. The molecule has 1 aliphatic rings. The van der Waals surface area contributed by atoms with E-state index < -0.39 is 0 Å². The summed E-state index contributed by atoms with van der Waals surface area (Å²) in [5.41, 5.74) is 8.15. The molecule has 1 aliphatic carbocycles. The van der Waals surface area contributed by atoms with Gasteiger partial charge in [-0.1, -0.05) is 25.5 Å². The average Bonchev–Trinajstić information content (AvgIpc) is 1.88. The van der Waals surface area contributed by atoms with Crippen molar-refractivity contribution in [1.82, 2.24) is 0 Å². The van der Waals surface area contributed by atoms with E-state index >= 15 is 0 Å². The summed E-state index contributed by atoms with van der Waals surface area (Å²) in [5, 5.41) is 0. The molecule has 2 N–H and O–H groups in total. The number of allylic oxidation sites excluding steroid dienone is 4. The number of nitrogens with two attached hydrogens (primary N) is 1.